The fourth-order valence-electron chi connectivity index (χ4n) is 7.46. The third-order valence-corrected chi connectivity index (χ3v) is 10.3. The first kappa shape index (κ1) is 33.0. The molecule has 0 saturated heterocycles. The van der Waals surface area contributed by atoms with Crippen molar-refractivity contribution >= 4 is 21.7 Å². The minimum atomic E-state index is 0.695. The monoisotopic (exact) mass is 714 g/mol. The second-order valence-electron chi connectivity index (χ2n) is 13.9. The Morgan fingerprint density at radius 1 is 0.268 bits per heavy atom. The summed E-state index contributed by atoms with van der Waals surface area (Å²) in [6.07, 6.45) is 1.95. The molecule has 262 valence electrons. The van der Waals surface area contributed by atoms with Gasteiger partial charge in [-0.15, -0.1) is 0 Å². The quantitative estimate of drug-likeness (QED) is 0.154. The number of para-hydroxylation sites is 1. The molecular formula is C52H34N4. The number of pyridine rings is 2. The largest absolute Gasteiger partial charge is 0.254 e. The van der Waals surface area contributed by atoms with Crippen LogP contribution in [0.25, 0.3) is 100 Å². The number of rotatable bonds is 7. The lowest BCUT2D eigenvalue weighted by Crippen LogP contribution is -1.96. The van der Waals surface area contributed by atoms with E-state index in [1.54, 1.807) is 0 Å². The van der Waals surface area contributed by atoms with Crippen LogP contribution in [0, 0.1) is 0 Å². The molecule has 10 rings (SSSR count). The van der Waals surface area contributed by atoms with Crippen LogP contribution < -0.4 is 0 Å². The van der Waals surface area contributed by atoms with Crippen LogP contribution >= 0.6 is 0 Å². The highest BCUT2D eigenvalue weighted by molar-refractivity contribution is 6.10. The summed E-state index contributed by atoms with van der Waals surface area (Å²) in [6.45, 7) is 0. The third kappa shape index (κ3) is 6.40. The fraction of sp³-hybridized carbons (Fsp3) is 0. The summed E-state index contributed by atoms with van der Waals surface area (Å²) in [5.74, 6) is 0.695. The highest BCUT2D eigenvalue weighted by Gasteiger charge is 2.14. The maximum absolute atomic E-state index is 5.11. The van der Waals surface area contributed by atoms with Crippen molar-refractivity contribution < 1.29 is 0 Å². The van der Waals surface area contributed by atoms with Crippen LogP contribution in [-0.2, 0) is 0 Å². The van der Waals surface area contributed by atoms with Gasteiger partial charge in [-0.25, -0.2) is 15.0 Å². The van der Waals surface area contributed by atoms with Crippen molar-refractivity contribution in [3.8, 4) is 78.7 Å². The molecule has 0 aliphatic carbocycles. The number of nitrogens with zero attached hydrogens (tertiary/aromatic N) is 4. The van der Waals surface area contributed by atoms with E-state index in [1.807, 2.05) is 36.5 Å². The highest BCUT2D eigenvalue weighted by atomic mass is 14.9. The molecule has 0 bridgehead atoms. The van der Waals surface area contributed by atoms with Crippen LogP contribution in [0.15, 0.2) is 206 Å². The molecule has 0 amide bonds. The van der Waals surface area contributed by atoms with E-state index in [4.69, 9.17) is 19.9 Å². The maximum atomic E-state index is 5.11. The lowest BCUT2D eigenvalue weighted by molar-refractivity contribution is 1.18. The molecule has 0 N–H and O–H groups in total. The number of hydrogen-bond donors (Lipinski definition) is 0. The van der Waals surface area contributed by atoms with E-state index in [-0.39, 0.29) is 0 Å². The molecule has 56 heavy (non-hydrogen) atoms. The summed E-state index contributed by atoms with van der Waals surface area (Å²) in [7, 11) is 0. The second-order valence-corrected chi connectivity index (χ2v) is 13.9. The van der Waals surface area contributed by atoms with Crippen molar-refractivity contribution in [3.63, 3.8) is 0 Å². The predicted octanol–water partition coefficient (Wildman–Crippen LogP) is 13.2. The normalized spacial score (nSPS) is 11.2. The van der Waals surface area contributed by atoms with Crippen LogP contribution in [0.1, 0.15) is 0 Å². The van der Waals surface area contributed by atoms with Gasteiger partial charge in [0.2, 0.25) is 0 Å². The molecule has 0 saturated carbocycles. The highest BCUT2D eigenvalue weighted by Crippen LogP contribution is 2.35. The zero-order valence-corrected chi connectivity index (χ0v) is 30.4. The van der Waals surface area contributed by atoms with Gasteiger partial charge >= 0.3 is 0 Å². The first-order valence-electron chi connectivity index (χ1n) is 18.8. The van der Waals surface area contributed by atoms with Crippen LogP contribution in [0.3, 0.4) is 0 Å². The van der Waals surface area contributed by atoms with Gasteiger partial charge in [0.25, 0.3) is 0 Å². The van der Waals surface area contributed by atoms with E-state index in [0.29, 0.717) is 5.82 Å². The first-order chi connectivity index (χ1) is 27.7. The molecule has 0 spiro atoms. The molecule has 10 aromatic rings. The minimum absolute atomic E-state index is 0.695. The summed E-state index contributed by atoms with van der Waals surface area (Å²) in [5, 5.41) is 3.43. The van der Waals surface area contributed by atoms with E-state index in [9.17, 15) is 0 Å². The molecule has 4 nitrogen and oxygen atoms in total. The molecule has 7 aromatic carbocycles. The van der Waals surface area contributed by atoms with E-state index in [1.165, 1.54) is 16.5 Å². The minimum Gasteiger partial charge on any atom is -0.254 e. The molecule has 4 heteroatoms. The van der Waals surface area contributed by atoms with Gasteiger partial charge < -0.3 is 0 Å². The van der Waals surface area contributed by atoms with Gasteiger partial charge in [0.15, 0.2) is 5.82 Å². The van der Waals surface area contributed by atoms with E-state index in [2.05, 4.69) is 170 Å². The number of fused-ring (bicyclic) bond motifs is 3. The zero-order valence-electron chi connectivity index (χ0n) is 30.4. The lowest BCUT2D eigenvalue weighted by Gasteiger charge is -2.12. The van der Waals surface area contributed by atoms with Gasteiger partial charge in [0.1, 0.15) is 0 Å². The topological polar surface area (TPSA) is 51.6 Å². The molecule has 3 aromatic heterocycles. The van der Waals surface area contributed by atoms with Gasteiger partial charge in [-0.1, -0.05) is 170 Å². The van der Waals surface area contributed by atoms with Crippen LogP contribution in [0.4, 0.5) is 0 Å². The second kappa shape index (κ2) is 14.3. The molecule has 0 atom stereocenters. The maximum Gasteiger partial charge on any atom is 0.160 e. The zero-order chi connectivity index (χ0) is 37.3. The molecule has 0 radical (unpaired) electrons. The van der Waals surface area contributed by atoms with E-state index < -0.39 is 0 Å². The molecular weight excluding hydrogens is 681 g/mol. The van der Waals surface area contributed by atoms with Crippen molar-refractivity contribution in [1.82, 2.24) is 19.9 Å². The lowest BCUT2D eigenvalue weighted by atomic mass is 9.97. The smallest absolute Gasteiger partial charge is 0.160 e. The van der Waals surface area contributed by atoms with Crippen molar-refractivity contribution in [2.24, 2.45) is 0 Å². The van der Waals surface area contributed by atoms with Gasteiger partial charge in [0.05, 0.1) is 28.3 Å². The Labute approximate surface area is 325 Å². The average Bonchev–Trinajstić information content (AvgIpc) is 3.29. The molecule has 0 aliphatic rings. The SMILES string of the molecule is c1ccc(-c2ccc(-c3cc(-c4cccc(-c5cccc(-c6ccc(-c7nc8ccccc8c8ccccc78)nc6)c5)c4)nc(-c4ccccc4)n3)cc2)cc1. The van der Waals surface area contributed by atoms with Gasteiger partial charge in [0, 0.05) is 39.2 Å². The van der Waals surface area contributed by atoms with Crippen molar-refractivity contribution in [3.05, 3.63) is 206 Å². The number of benzene rings is 7. The van der Waals surface area contributed by atoms with Crippen molar-refractivity contribution in [2.45, 2.75) is 0 Å². The molecule has 0 aliphatic heterocycles. The van der Waals surface area contributed by atoms with E-state index in [0.717, 1.165) is 78.0 Å². The predicted molar refractivity (Wildman–Crippen MR) is 231 cm³/mol. The van der Waals surface area contributed by atoms with Gasteiger partial charge in [-0.05, 0) is 63.5 Å². The molecule has 3 heterocycles. The third-order valence-electron chi connectivity index (χ3n) is 10.3. The van der Waals surface area contributed by atoms with Crippen LogP contribution in [-0.4, -0.2) is 19.9 Å². The summed E-state index contributed by atoms with van der Waals surface area (Å²) in [5.41, 5.74) is 14.2. The Morgan fingerprint density at radius 2 is 0.768 bits per heavy atom. The van der Waals surface area contributed by atoms with E-state index >= 15 is 0 Å². The molecule has 0 fully saturated rings. The first-order valence-corrected chi connectivity index (χ1v) is 18.8. The summed E-state index contributed by atoms with van der Waals surface area (Å²) < 4.78 is 0. The Hall–Kier alpha value is -7.56. The fourth-order valence-corrected chi connectivity index (χ4v) is 7.46. The Balaban J connectivity index is 0.984. The standard InChI is InChI=1S/C52H34N4/c1-3-13-35(14-4-1)36-25-27-37(28-26-36)49-33-50(56-52(55-49)38-15-5-2-6-16-38)42-20-12-18-40(32-42)39-17-11-19-41(31-39)43-29-30-48(53-34-43)51-46-23-8-7-21-44(46)45-22-9-10-24-47(45)54-51/h1-34H. The van der Waals surface area contributed by atoms with Crippen molar-refractivity contribution in [1.29, 1.82) is 0 Å². The Bertz CT molecular complexity index is 2990. The average molecular weight is 715 g/mol. The molecule has 0 unspecified atom stereocenters. The van der Waals surface area contributed by atoms with Gasteiger partial charge in [-0.3, -0.25) is 4.98 Å². The van der Waals surface area contributed by atoms with Crippen molar-refractivity contribution in [2.75, 3.05) is 0 Å². The van der Waals surface area contributed by atoms with Crippen LogP contribution in [0.2, 0.25) is 0 Å². The van der Waals surface area contributed by atoms with Crippen LogP contribution in [0.5, 0.6) is 0 Å². The summed E-state index contributed by atoms with van der Waals surface area (Å²) in [4.78, 5) is 20.2. The Morgan fingerprint density at radius 3 is 1.46 bits per heavy atom. The van der Waals surface area contributed by atoms with Gasteiger partial charge in [-0.2, -0.15) is 0 Å². The Kier molecular flexibility index (Phi) is 8.47. The number of hydrogen-bond acceptors (Lipinski definition) is 4. The summed E-state index contributed by atoms with van der Waals surface area (Å²) >= 11 is 0. The number of aromatic nitrogens is 4. The summed E-state index contributed by atoms with van der Waals surface area (Å²) in [6, 6.07) is 69.5.